The van der Waals surface area contributed by atoms with Gasteiger partial charge in [0.05, 0.1) is 5.92 Å². The summed E-state index contributed by atoms with van der Waals surface area (Å²) in [4.78, 5) is 23.4. The van der Waals surface area contributed by atoms with Crippen LogP contribution in [0.4, 0.5) is 0 Å². The van der Waals surface area contributed by atoms with E-state index in [1.54, 1.807) is 0 Å². The van der Waals surface area contributed by atoms with E-state index in [0.29, 0.717) is 12.8 Å². The second-order valence-corrected chi connectivity index (χ2v) is 6.65. The number of halogens is 2. The largest absolute Gasteiger partial charge is 0.481 e. The highest BCUT2D eigenvalue weighted by Gasteiger charge is 2.70. The van der Waals surface area contributed by atoms with Gasteiger partial charge in [0.25, 0.3) is 0 Å². The second-order valence-electron chi connectivity index (χ2n) is 5.80. The number of ether oxygens (including phenoxy) is 1. The van der Waals surface area contributed by atoms with E-state index in [4.69, 9.17) is 15.6 Å². The molecule has 0 amide bonds. The van der Waals surface area contributed by atoms with E-state index in [-0.39, 0.29) is 30.8 Å². The summed E-state index contributed by atoms with van der Waals surface area (Å²) >= 11 is 3.39. The fourth-order valence-electron chi connectivity index (χ4n) is 3.48. The van der Waals surface area contributed by atoms with E-state index in [1.165, 1.54) is 0 Å². The van der Waals surface area contributed by atoms with Crippen LogP contribution in [0.1, 0.15) is 18.4 Å². The average molecular weight is 391 g/mol. The maximum Gasteiger partial charge on any atom is 0.326 e. The lowest BCUT2D eigenvalue weighted by molar-refractivity contribution is -0.153. The van der Waals surface area contributed by atoms with Crippen molar-refractivity contribution in [3.63, 3.8) is 0 Å². The van der Waals surface area contributed by atoms with Crippen LogP contribution in [0.15, 0.2) is 28.7 Å². The topological polar surface area (TPSA) is 89.6 Å². The smallest absolute Gasteiger partial charge is 0.326 e. The number of carboxylic acid groups (broad SMARTS) is 1. The van der Waals surface area contributed by atoms with E-state index in [2.05, 4.69) is 15.9 Å². The van der Waals surface area contributed by atoms with Crippen molar-refractivity contribution in [2.24, 2.45) is 23.5 Å². The van der Waals surface area contributed by atoms with E-state index in [9.17, 15) is 9.59 Å². The molecule has 2 saturated carbocycles. The molecule has 3 N–H and O–H groups in total. The minimum atomic E-state index is -1.14. The molecule has 7 heteroatoms. The van der Waals surface area contributed by atoms with Crippen LogP contribution in [-0.4, -0.2) is 22.6 Å². The minimum absolute atomic E-state index is 0. The van der Waals surface area contributed by atoms with E-state index in [0.717, 1.165) is 10.0 Å². The molecule has 0 heterocycles. The van der Waals surface area contributed by atoms with Gasteiger partial charge in [-0.05, 0) is 24.8 Å². The van der Waals surface area contributed by atoms with Crippen molar-refractivity contribution in [2.45, 2.75) is 25.0 Å². The first-order valence-electron chi connectivity index (χ1n) is 6.87. The summed E-state index contributed by atoms with van der Waals surface area (Å²) in [6.07, 6.45) is 1.18. The second kappa shape index (κ2) is 6.18. The van der Waals surface area contributed by atoms with Gasteiger partial charge in [0.2, 0.25) is 0 Å². The Morgan fingerprint density at radius 2 is 2.09 bits per heavy atom. The zero-order valence-corrected chi connectivity index (χ0v) is 14.1. The molecule has 1 aromatic carbocycles. The number of nitrogens with two attached hydrogens (primary N) is 1. The Morgan fingerprint density at radius 3 is 2.68 bits per heavy atom. The van der Waals surface area contributed by atoms with E-state index < -0.39 is 23.4 Å². The minimum Gasteiger partial charge on any atom is -0.481 e. The van der Waals surface area contributed by atoms with Crippen LogP contribution >= 0.6 is 28.3 Å². The number of hydrogen-bond acceptors (Lipinski definition) is 4. The molecule has 2 fully saturated rings. The van der Waals surface area contributed by atoms with Crippen molar-refractivity contribution < 1.29 is 19.4 Å². The van der Waals surface area contributed by atoms with Crippen molar-refractivity contribution in [3.05, 3.63) is 34.3 Å². The van der Waals surface area contributed by atoms with Crippen LogP contribution in [0.25, 0.3) is 0 Å². The Bertz CT molecular complexity index is 611. The molecule has 0 unspecified atom stereocenters. The molecule has 0 radical (unpaired) electrons. The standard InChI is InChI=1S/C15H16BrNO4.ClH/c16-10-4-2-1-3-8(10)7-21-14(20)15(17)6-5-9-11(12(9)15)13(18)19;/h1-4,9,11-12H,5-7,17H2,(H,18,19);1H/t9-,11-,12-,15-;/m0./s1. The van der Waals surface area contributed by atoms with Gasteiger partial charge in [0.1, 0.15) is 12.1 Å². The summed E-state index contributed by atoms with van der Waals surface area (Å²) in [7, 11) is 0. The third kappa shape index (κ3) is 2.75. The molecule has 4 atom stereocenters. The zero-order chi connectivity index (χ0) is 15.2. The summed E-state index contributed by atoms with van der Waals surface area (Å²) in [5.74, 6) is -2.09. The molecule has 3 rings (SSSR count). The van der Waals surface area contributed by atoms with Crippen molar-refractivity contribution in [1.29, 1.82) is 0 Å². The number of esters is 1. The molecule has 0 bridgehead atoms. The number of carbonyl (C=O) groups excluding carboxylic acids is 1. The number of rotatable bonds is 4. The number of carboxylic acids is 1. The first-order valence-corrected chi connectivity index (χ1v) is 7.67. The number of benzene rings is 1. The Hall–Kier alpha value is -1.11. The van der Waals surface area contributed by atoms with Crippen molar-refractivity contribution in [3.8, 4) is 0 Å². The van der Waals surface area contributed by atoms with Crippen LogP contribution in [-0.2, 0) is 20.9 Å². The van der Waals surface area contributed by atoms with Crippen LogP contribution in [0.2, 0.25) is 0 Å². The number of carbonyl (C=O) groups is 2. The van der Waals surface area contributed by atoms with Crippen molar-refractivity contribution in [1.82, 2.24) is 0 Å². The van der Waals surface area contributed by atoms with Gasteiger partial charge in [-0.15, -0.1) is 12.4 Å². The average Bonchev–Trinajstić information content (AvgIpc) is 3.10. The maximum absolute atomic E-state index is 12.3. The molecular weight excluding hydrogens is 374 g/mol. The highest BCUT2D eigenvalue weighted by Crippen LogP contribution is 2.61. The molecule has 2 aliphatic carbocycles. The van der Waals surface area contributed by atoms with Crippen molar-refractivity contribution >= 4 is 40.3 Å². The first kappa shape index (κ1) is 17.2. The maximum atomic E-state index is 12.3. The summed E-state index contributed by atoms with van der Waals surface area (Å²) in [5.41, 5.74) is 5.88. The molecule has 1 aromatic rings. The molecule has 0 aliphatic heterocycles. The summed E-state index contributed by atoms with van der Waals surface area (Å²) in [6, 6.07) is 7.46. The zero-order valence-electron chi connectivity index (χ0n) is 11.7. The lowest BCUT2D eigenvalue weighted by atomic mass is 9.91. The fraction of sp³-hybridized carbons (Fsp3) is 0.467. The number of fused-ring (bicyclic) bond motifs is 1. The lowest BCUT2D eigenvalue weighted by Gasteiger charge is -2.24. The highest BCUT2D eigenvalue weighted by atomic mass is 79.9. The molecule has 2 aliphatic rings. The summed E-state index contributed by atoms with van der Waals surface area (Å²) in [5, 5.41) is 9.10. The third-order valence-corrected chi connectivity index (χ3v) is 5.41. The Balaban J connectivity index is 0.00000176. The number of hydrogen-bond donors (Lipinski definition) is 2. The van der Waals surface area contributed by atoms with Crippen LogP contribution in [0.3, 0.4) is 0 Å². The summed E-state index contributed by atoms with van der Waals surface area (Å²) in [6.45, 7) is 0.133. The highest BCUT2D eigenvalue weighted by molar-refractivity contribution is 9.10. The molecule has 5 nitrogen and oxygen atoms in total. The van der Waals surface area contributed by atoms with Crippen LogP contribution < -0.4 is 5.73 Å². The van der Waals surface area contributed by atoms with Gasteiger partial charge >= 0.3 is 11.9 Å². The van der Waals surface area contributed by atoms with Crippen molar-refractivity contribution in [2.75, 3.05) is 0 Å². The monoisotopic (exact) mass is 389 g/mol. The lowest BCUT2D eigenvalue weighted by Crippen LogP contribution is -2.50. The first-order chi connectivity index (χ1) is 9.95. The number of aliphatic carboxylic acids is 1. The van der Waals surface area contributed by atoms with E-state index >= 15 is 0 Å². The van der Waals surface area contributed by atoms with E-state index in [1.807, 2.05) is 24.3 Å². The fourth-order valence-corrected chi connectivity index (χ4v) is 3.87. The van der Waals surface area contributed by atoms with Gasteiger partial charge in [-0.25, -0.2) is 0 Å². The van der Waals surface area contributed by atoms with Gasteiger partial charge in [0, 0.05) is 16.0 Å². The molecule has 0 aromatic heterocycles. The predicted octanol–water partition coefficient (Wildman–Crippen LogP) is 2.35. The Morgan fingerprint density at radius 1 is 1.41 bits per heavy atom. The molecule has 0 saturated heterocycles. The Kier molecular flexibility index (Phi) is 4.84. The molecule has 22 heavy (non-hydrogen) atoms. The van der Waals surface area contributed by atoms with Gasteiger partial charge in [0.15, 0.2) is 0 Å². The molecule has 0 spiro atoms. The summed E-state index contributed by atoms with van der Waals surface area (Å²) < 4.78 is 6.20. The Labute approximate surface area is 142 Å². The molecular formula is C15H17BrClNO4. The van der Waals surface area contributed by atoms with Gasteiger partial charge < -0.3 is 15.6 Å². The van der Waals surface area contributed by atoms with Gasteiger partial charge in [-0.2, -0.15) is 0 Å². The van der Waals surface area contributed by atoms with Crippen LogP contribution in [0, 0.1) is 17.8 Å². The molecule has 120 valence electrons. The van der Waals surface area contributed by atoms with Gasteiger partial charge in [-0.1, -0.05) is 34.1 Å². The predicted molar refractivity (Wildman–Crippen MR) is 85.4 cm³/mol. The third-order valence-electron chi connectivity index (χ3n) is 4.64. The SMILES string of the molecule is Cl.N[C@@]1(C(=O)OCc2ccccc2Br)CC[C@H]2[C@H](C(=O)O)[C@H]21. The normalized spacial score (nSPS) is 31.8. The quantitative estimate of drug-likeness (QED) is 0.770. The van der Waals surface area contributed by atoms with Crippen LogP contribution in [0.5, 0.6) is 0 Å². The van der Waals surface area contributed by atoms with Gasteiger partial charge in [-0.3, -0.25) is 9.59 Å².